The third kappa shape index (κ3) is 4.63. The fraction of sp³-hybridized carbons (Fsp3) is 0.130. The third-order valence-electron chi connectivity index (χ3n) is 4.43. The van der Waals surface area contributed by atoms with Gasteiger partial charge in [-0.2, -0.15) is 0 Å². The van der Waals surface area contributed by atoms with Crippen LogP contribution in [0.25, 0.3) is 0 Å². The van der Waals surface area contributed by atoms with E-state index in [1.165, 1.54) is 0 Å². The summed E-state index contributed by atoms with van der Waals surface area (Å²) in [6.45, 7) is 0.787. The Labute approximate surface area is 181 Å². The topological polar surface area (TPSA) is 73.9 Å². The first-order chi connectivity index (χ1) is 14.6. The smallest absolute Gasteiger partial charge is 0.262 e. The number of anilines is 1. The normalized spacial score (nSPS) is 12.2. The number of rotatable bonds is 6. The minimum Gasteiger partial charge on any atom is -0.486 e. The molecule has 0 spiro atoms. The van der Waals surface area contributed by atoms with Gasteiger partial charge in [-0.1, -0.05) is 30.3 Å². The van der Waals surface area contributed by atoms with Gasteiger partial charge in [-0.05, 0) is 40.2 Å². The summed E-state index contributed by atoms with van der Waals surface area (Å²) in [7, 11) is 0. The van der Waals surface area contributed by atoms with Crippen molar-refractivity contribution in [1.82, 2.24) is 0 Å². The van der Waals surface area contributed by atoms with E-state index < -0.39 is 0 Å². The lowest BCUT2D eigenvalue weighted by molar-refractivity contribution is -0.118. The first-order valence-electron chi connectivity index (χ1n) is 9.32. The number of ether oxygens (including phenoxy) is 3. The molecule has 0 fully saturated rings. The summed E-state index contributed by atoms with van der Waals surface area (Å²) in [4.78, 5) is 24.7. The lowest BCUT2D eigenvalue weighted by Gasteiger charge is -2.20. The molecule has 152 valence electrons. The average Bonchev–Trinajstić information content (AvgIpc) is 2.78. The van der Waals surface area contributed by atoms with Gasteiger partial charge in [-0.25, -0.2) is 0 Å². The highest BCUT2D eigenvalue weighted by Gasteiger charge is 2.16. The van der Waals surface area contributed by atoms with Crippen molar-refractivity contribution in [3.63, 3.8) is 0 Å². The van der Waals surface area contributed by atoms with E-state index in [0.29, 0.717) is 51.7 Å². The fourth-order valence-corrected chi connectivity index (χ4v) is 3.38. The number of carbonyl (C=O) groups is 2. The van der Waals surface area contributed by atoms with Gasteiger partial charge in [0.15, 0.2) is 23.9 Å². The molecule has 6 nitrogen and oxygen atoms in total. The number of amides is 1. The molecule has 30 heavy (non-hydrogen) atoms. The van der Waals surface area contributed by atoms with E-state index in [0.717, 1.165) is 0 Å². The minimum atomic E-state index is -0.322. The maximum absolute atomic E-state index is 12.4. The molecule has 0 aromatic heterocycles. The summed E-state index contributed by atoms with van der Waals surface area (Å²) < 4.78 is 17.3. The summed E-state index contributed by atoms with van der Waals surface area (Å²) in [5.74, 6) is 1.32. The molecular weight excluding hydrogens is 450 g/mol. The van der Waals surface area contributed by atoms with Crippen molar-refractivity contribution in [2.45, 2.75) is 0 Å². The van der Waals surface area contributed by atoms with E-state index in [1.54, 1.807) is 48.5 Å². The molecule has 4 rings (SSSR count). The van der Waals surface area contributed by atoms with Gasteiger partial charge in [-0.3, -0.25) is 9.59 Å². The summed E-state index contributed by atoms with van der Waals surface area (Å²) in [5, 5.41) is 2.78. The van der Waals surface area contributed by atoms with Crippen molar-refractivity contribution in [3.05, 3.63) is 82.3 Å². The third-order valence-corrected chi connectivity index (χ3v) is 5.08. The van der Waals surface area contributed by atoms with E-state index in [1.807, 2.05) is 18.2 Å². The Kier molecular flexibility index (Phi) is 5.99. The Bertz CT molecular complexity index is 1070. The number of halogens is 1. The Morgan fingerprint density at radius 1 is 0.900 bits per heavy atom. The zero-order valence-corrected chi connectivity index (χ0v) is 17.5. The van der Waals surface area contributed by atoms with E-state index in [2.05, 4.69) is 21.2 Å². The number of hydrogen-bond donors (Lipinski definition) is 1. The van der Waals surface area contributed by atoms with Crippen molar-refractivity contribution in [2.75, 3.05) is 25.1 Å². The lowest BCUT2D eigenvalue weighted by atomic mass is 10.0. The second-order valence-electron chi connectivity index (χ2n) is 6.53. The van der Waals surface area contributed by atoms with Crippen molar-refractivity contribution >= 4 is 33.3 Å². The molecule has 3 aromatic carbocycles. The molecular formula is C23H18BrNO5. The number of ketones is 1. The number of benzene rings is 3. The van der Waals surface area contributed by atoms with Crippen molar-refractivity contribution in [3.8, 4) is 17.2 Å². The average molecular weight is 468 g/mol. The van der Waals surface area contributed by atoms with Crippen LogP contribution in [0.15, 0.2) is 71.2 Å². The maximum Gasteiger partial charge on any atom is 0.262 e. The Balaban J connectivity index is 1.35. The Hall–Kier alpha value is -3.32. The van der Waals surface area contributed by atoms with E-state index in [-0.39, 0.29) is 18.3 Å². The van der Waals surface area contributed by atoms with Crippen LogP contribution >= 0.6 is 15.9 Å². The predicted molar refractivity (Wildman–Crippen MR) is 116 cm³/mol. The van der Waals surface area contributed by atoms with Crippen LogP contribution in [0.4, 0.5) is 5.69 Å². The van der Waals surface area contributed by atoms with Gasteiger partial charge in [0.25, 0.3) is 5.91 Å². The molecule has 0 unspecified atom stereocenters. The molecule has 0 saturated carbocycles. The molecule has 0 atom stereocenters. The van der Waals surface area contributed by atoms with Gasteiger partial charge in [0, 0.05) is 27.7 Å². The lowest BCUT2D eigenvalue weighted by Crippen LogP contribution is -2.21. The number of nitrogens with one attached hydrogen (secondary N) is 1. The first kappa shape index (κ1) is 20.0. The van der Waals surface area contributed by atoms with Crippen molar-refractivity contribution in [2.24, 2.45) is 0 Å². The maximum atomic E-state index is 12.4. The van der Waals surface area contributed by atoms with Crippen LogP contribution in [0, 0.1) is 0 Å². The van der Waals surface area contributed by atoms with Gasteiger partial charge in [0.1, 0.15) is 19.0 Å². The van der Waals surface area contributed by atoms with Gasteiger partial charge in [-0.15, -0.1) is 0 Å². The molecule has 1 heterocycles. The van der Waals surface area contributed by atoms with Crippen molar-refractivity contribution in [1.29, 1.82) is 0 Å². The van der Waals surface area contributed by atoms with Crippen LogP contribution in [0.5, 0.6) is 17.2 Å². The highest BCUT2D eigenvalue weighted by Crippen LogP contribution is 2.38. The SMILES string of the molecule is O=C(COc1ccc(C(=O)c2ccccc2)cc1)Nc1cc2c(cc1Br)OCCO2. The summed E-state index contributed by atoms with van der Waals surface area (Å²) in [5.41, 5.74) is 1.74. The molecule has 1 aliphatic heterocycles. The molecule has 1 amide bonds. The summed E-state index contributed by atoms with van der Waals surface area (Å²) in [6, 6.07) is 19.2. The van der Waals surface area contributed by atoms with Gasteiger partial charge in [0.05, 0.1) is 5.69 Å². The molecule has 7 heteroatoms. The van der Waals surface area contributed by atoms with Crippen LogP contribution in [-0.4, -0.2) is 31.5 Å². The molecule has 1 N–H and O–H groups in total. The van der Waals surface area contributed by atoms with Crippen LogP contribution < -0.4 is 19.5 Å². The fourth-order valence-electron chi connectivity index (χ4n) is 2.95. The van der Waals surface area contributed by atoms with Crippen molar-refractivity contribution < 1.29 is 23.8 Å². The zero-order valence-electron chi connectivity index (χ0n) is 15.9. The monoisotopic (exact) mass is 467 g/mol. The largest absolute Gasteiger partial charge is 0.486 e. The van der Waals surface area contributed by atoms with E-state index in [4.69, 9.17) is 14.2 Å². The number of carbonyl (C=O) groups excluding carboxylic acids is 2. The number of fused-ring (bicyclic) bond motifs is 1. The first-order valence-corrected chi connectivity index (χ1v) is 10.1. The highest BCUT2D eigenvalue weighted by atomic mass is 79.9. The number of hydrogen-bond acceptors (Lipinski definition) is 5. The molecule has 1 aliphatic rings. The van der Waals surface area contributed by atoms with Crippen LogP contribution in [0.2, 0.25) is 0 Å². The second-order valence-corrected chi connectivity index (χ2v) is 7.39. The van der Waals surface area contributed by atoms with Gasteiger partial charge in [0.2, 0.25) is 0 Å². The molecule has 0 bridgehead atoms. The Morgan fingerprint density at radius 3 is 2.23 bits per heavy atom. The zero-order chi connectivity index (χ0) is 20.9. The predicted octanol–water partition coefficient (Wildman–Crippen LogP) is 4.47. The Morgan fingerprint density at radius 2 is 1.53 bits per heavy atom. The summed E-state index contributed by atoms with van der Waals surface area (Å²) in [6.07, 6.45) is 0. The highest BCUT2D eigenvalue weighted by molar-refractivity contribution is 9.10. The van der Waals surface area contributed by atoms with Crippen LogP contribution in [-0.2, 0) is 4.79 Å². The van der Waals surface area contributed by atoms with Crippen LogP contribution in [0.3, 0.4) is 0 Å². The standard InChI is InChI=1S/C23H18BrNO5/c24-18-12-20-21(29-11-10-28-20)13-19(18)25-22(26)14-30-17-8-6-16(7-9-17)23(27)15-4-2-1-3-5-15/h1-9,12-13H,10-11,14H2,(H,25,26). The minimum absolute atomic E-state index is 0.0663. The van der Waals surface area contributed by atoms with Gasteiger partial charge >= 0.3 is 0 Å². The molecule has 0 aliphatic carbocycles. The van der Waals surface area contributed by atoms with Crippen LogP contribution in [0.1, 0.15) is 15.9 Å². The quantitative estimate of drug-likeness (QED) is 0.541. The molecule has 0 saturated heterocycles. The van der Waals surface area contributed by atoms with Gasteiger partial charge < -0.3 is 19.5 Å². The second kappa shape index (κ2) is 9.00. The molecule has 0 radical (unpaired) electrons. The van der Waals surface area contributed by atoms with E-state index >= 15 is 0 Å². The molecule has 3 aromatic rings. The van der Waals surface area contributed by atoms with E-state index in [9.17, 15) is 9.59 Å². The summed E-state index contributed by atoms with van der Waals surface area (Å²) >= 11 is 3.42.